The van der Waals surface area contributed by atoms with Gasteiger partial charge in [-0.25, -0.2) is 15.0 Å². The van der Waals surface area contributed by atoms with E-state index in [0.29, 0.717) is 23.5 Å². The number of hydrogen-bond acceptors (Lipinski definition) is 8. The third-order valence-corrected chi connectivity index (χ3v) is 18.6. The summed E-state index contributed by atoms with van der Waals surface area (Å²) in [4.78, 5) is 14.0. The van der Waals surface area contributed by atoms with Crippen molar-refractivity contribution in [3.8, 4) is 11.3 Å². The highest BCUT2D eigenvalue weighted by Gasteiger charge is 2.66. The molecule has 4 atom stereocenters. The summed E-state index contributed by atoms with van der Waals surface area (Å²) in [5.41, 5.74) is 9.74. The lowest BCUT2D eigenvalue weighted by Crippen LogP contribution is -2.66. The molecule has 2 saturated heterocycles. The molecule has 0 saturated carbocycles. The maximum Gasteiger partial charge on any atom is 0.349 e. The predicted molar refractivity (Wildman–Crippen MR) is 167 cm³/mol. The fourth-order valence-corrected chi connectivity index (χ4v) is 12.4. The van der Waals surface area contributed by atoms with Crippen LogP contribution >= 0.6 is 0 Å². The van der Waals surface area contributed by atoms with Gasteiger partial charge < -0.3 is 23.7 Å². The number of nitrogens with zero attached hydrogens (tertiary/aromatic N) is 4. The molecule has 2 aliphatic rings. The van der Waals surface area contributed by atoms with Gasteiger partial charge in [0.25, 0.3) is 0 Å². The Kier molecular flexibility index (Phi) is 7.36. The van der Waals surface area contributed by atoms with Gasteiger partial charge in [-0.2, -0.15) is 0 Å². The highest BCUT2D eigenvalue weighted by molar-refractivity contribution is 6.74. The number of nitrogens with two attached hydrogens (primary N) is 1. The first kappa shape index (κ1) is 30.3. The molecule has 2 aliphatic heterocycles. The van der Waals surface area contributed by atoms with Gasteiger partial charge in [-0.05, 0) is 30.3 Å². The molecule has 11 heteroatoms. The van der Waals surface area contributed by atoms with Gasteiger partial charge in [-0.3, -0.25) is 4.57 Å². The van der Waals surface area contributed by atoms with Crippen LogP contribution in [0.5, 0.6) is 0 Å². The second-order valence-corrected chi connectivity index (χ2v) is 24.6. The van der Waals surface area contributed by atoms with Crippen LogP contribution in [0.3, 0.4) is 0 Å². The van der Waals surface area contributed by atoms with Crippen LogP contribution in [0.4, 0.5) is 5.69 Å². The van der Waals surface area contributed by atoms with Crippen molar-refractivity contribution in [2.75, 3.05) is 12.3 Å². The fraction of sp³-hybridized carbons (Fsp3) is 0.633. The van der Waals surface area contributed by atoms with Crippen molar-refractivity contribution in [1.82, 2.24) is 19.5 Å². The van der Waals surface area contributed by atoms with E-state index in [2.05, 4.69) is 85.4 Å². The van der Waals surface area contributed by atoms with Crippen molar-refractivity contribution in [1.29, 1.82) is 0 Å². The number of imidazole rings is 1. The topological polar surface area (TPSA) is 107 Å². The zero-order chi connectivity index (χ0) is 30.2. The number of hydrogen-bond donors (Lipinski definition) is 1. The lowest BCUT2D eigenvalue weighted by Gasteiger charge is -2.54. The molecule has 0 radical (unpaired) electrons. The van der Waals surface area contributed by atoms with Crippen molar-refractivity contribution in [3.63, 3.8) is 0 Å². The SMILES string of the molecule is CC(C)(C)[Si](C)(C)O[C@@H]1[C@@H]2O[Si](C(C)(C)C)(C(C)(C)C)OC[C@H]2O[C@H]1n1cnc2c(-c3cccc(N)c3)ncnc21. The lowest BCUT2D eigenvalue weighted by atomic mass is 10.1. The zero-order valence-corrected chi connectivity index (χ0v) is 28.5. The Labute approximate surface area is 246 Å². The van der Waals surface area contributed by atoms with E-state index in [0.717, 1.165) is 11.3 Å². The van der Waals surface area contributed by atoms with E-state index < -0.39 is 23.1 Å². The van der Waals surface area contributed by atoms with E-state index in [4.69, 9.17) is 28.7 Å². The van der Waals surface area contributed by atoms with E-state index in [1.54, 1.807) is 12.7 Å². The van der Waals surface area contributed by atoms with E-state index in [1.807, 2.05) is 28.8 Å². The van der Waals surface area contributed by atoms with Gasteiger partial charge in [0.1, 0.15) is 35.8 Å². The average molecular weight is 598 g/mol. The first-order valence-corrected chi connectivity index (χ1v) is 19.3. The molecule has 9 nitrogen and oxygen atoms in total. The number of ether oxygens (including phenoxy) is 1. The molecule has 2 aromatic heterocycles. The van der Waals surface area contributed by atoms with E-state index >= 15 is 0 Å². The average Bonchev–Trinajstić information content (AvgIpc) is 3.42. The minimum Gasteiger partial charge on any atom is -0.407 e. The third-order valence-electron chi connectivity index (χ3n) is 9.04. The predicted octanol–water partition coefficient (Wildman–Crippen LogP) is 6.82. The summed E-state index contributed by atoms with van der Waals surface area (Å²) in [6.45, 7) is 25.2. The molecule has 1 aromatic carbocycles. The molecule has 0 unspecified atom stereocenters. The van der Waals surface area contributed by atoms with Crippen LogP contribution in [-0.2, 0) is 18.0 Å². The molecule has 3 aromatic rings. The smallest absolute Gasteiger partial charge is 0.349 e. The monoisotopic (exact) mass is 597 g/mol. The summed E-state index contributed by atoms with van der Waals surface area (Å²) < 4.78 is 30.0. The number of fused-ring (bicyclic) bond motifs is 2. The standard InChI is InChI=1S/C30H47N5O4Si2/c1-28(2,3)40(10,11)38-25-24-21(16-36-41(39-24,29(4,5)6)30(7,8)9)37-27(25)35-18-34-23-22(32-17-33-26(23)35)19-13-12-14-20(31)15-19/h12-15,17-18,21,24-25,27H,16,31H2,1-11H3/t21-,24-,25-,27-/m1/s1. The van der Waals surface area contributed by atoms with Gasteiger partial charge in [0.05, 0.1) is 12.9 Å². The van der Waals surface area contributed by atoms with Gasteiger partial charge in [0.2, 0.25) is 0 Å². The number of nitrogen functional groups attached to an aromatic ring is 1. The molecule has 2 N–H and O–H groups in total. The van der Waals surface area contributed by atoms with Crippen molar-refractivity contribution >= 4 is 33.7 Å². The summed E-state index contributed by atoms with van der Waals surface area (Å²) in [7, 11) is -5.01. The van der Waals surface area contributed by atoms with Gasteiger partial charge in [-0.1, -0.05) is 74.4 Å². The highest BCUT2D eigenvalue weighted by Crippen LogP contribution is 2.56. The normalized spacial score (nSPS) is 25.4. The summed E-state index contributed by atoms with van der Waals surface area (Å²) in [5, 5.41) is -0.308. The molecule has 41 heavy (non-hydrogen) atoms. The van der Waals surface area contributed by atoms with Crippen molar-refractivity contribution < 1.29 is 18.0 Å². The minimum atomic E-state index is -2.77. The van der Waals surface area contributed by atoms with Gasteiger partial charge >= 0.3 is 8.56 Å². The van der Waals surface area contributed by atoms with Crippen LogP contribution in [0, 0.1) is 0 Å². The van der Waals surface area contributed by atoms with Gasteiger partial charge in [-0.15, -0.1) is 0 Å². The Morgan fingerprint density at radius 2 is 1.68 bits per heavy atom. The van der Waals surface area contributed by atoms with Crippen molar-refractivity contribution in [2.45, 2.75) is 115 Å². The maximum absolute atomic E-state index is 7.25. The molecule has 0 bridgehead atoms. The summed E-state index contributed by atoms with van der Waals surface area (Å²) in [6.07, 6.45) is 1.97. The number of aromatic nitrogens is 4. The largest absolute Gasteiger partial charge is 0.407 e. The molecule has 0 spiro atoms. The zero-order valence-electron chi connectivity index (χ0n) is 26.5. The number of anilines is 1. The molecule has 5 rings (SSSR count). The molecule has 4 heterocycles. The Balaban J connectivity index is 1.61. The van der Waals surface area contributed by atoms with Gasteiger partial charge in [0.15, 0.2) is 20.2 Å². The Hall–Kier alpha value is -2.16. The number of rotatable bonds is 4. The molecule has 2 fully saturated rings. The maximum atomic E-state index is 7.25. The van der Waals surface area contributed by atoms with Crippen LogP contribution in [-0.4, -0.2) is 61.3 Å². The summed E-state index contributed by atoms with van der Waals surface area (Å²) in [6, 6.07) is 7.66. The molecule has 0 amide bonds. The molecular weight excluding hydrogens is 551 g/mol. The Bertz CT molecular complexity index is 1410. The molecule has 0 aliphatic carbocycles. The quantitative estimate of drug-likeness (QED) is 0.258. The first-order chi connectivity index (χ1) is 18.9. The highest BCUT2D eigenvalue weighted by atomic mass is 28.4. The second-order valence-electron chi connectivity index (χ2n) is 15.1. The van der Waals surface area contributed by atoms with Crippen molar-refractivity contribution in [2.24, 2.45) is 0 Å². The minimum absolute atomic E-state index is 0.00294. The second kappa shape index (κ2) is 9.95. The Morgan fingerprint density at radius 3 is 2.29 bits per heavy atom. The summed E-state index contributed by atoms with van der Waals surface area (Å²) >= 11 is 0. The summed E-state index contributed by atoms with van der Waals surface area (Å²) in [5.74, 6) is 0. The molecular formula is C30H47N5O4Si2. The van der Waals surface area contributed by atoms with E-state index in [-0.39, 0.29) is 33.4 Å². The van der Waals surface area contributed by atoms with Crippen LogP contribution in [0.25, 0.3) is 22.4 Å². The lowest BCUT2D eigenvalue weighted by molar-refractivity contribution is -0.0795. The van der Waals surface area contributed by atoms with E-state index in [9.17, 15) is 0 Å². The third kappa shape index (κ3) is 5.08. The van der Waals surface area contributed by atoms with Crippen molar-refractivity contribution in [3.05, 3.63) is 36.9 Å². The van der Waals surface area contributed by atoms with E-state index in [1.165, 1.54) is 0 Å². The first-order valence-electron chi connectivity index (χ1n) is 14.5. The molecule has 224 valence electrons. The van der Waals surface area contributed by atoms with Crippen LogP contribution in [0.2, 0.25) is 28.2 Å². The number of benzene rings is 1. The van der Waals surface area contributed by atoms with Gasteiger partial charge in [0, 0.05) is 21.3 Å². The van der Waals surface area contributed by atoms with Crippen LogP contribution in [0.15, 0.2) is 36.9 Å². The Morgan fingerprint density at radius 1 is 1.00 bits per heavy atom. The van der Waals surface area contributed by atoms with Crippen LogP contribution < -0.4 is 5.73 Å². The van der Waals surface area contributed by atoms with Crippen LogP contribution in [0.1, 0.15) is 68.5 Å². The fourth-order valence-electron chi connectivity index (χ4n) is 6.12.